The van der Waals surface area contributed by atoms with Crippen molar-refractivity contribution in [2.24, 2.45) is 0 Å². The molecule has 0 unspecified atom stereocenters. The first-order chi connectivity index (χ1) is 11.5. The molecule has 0 aliphatic carbocycles. The molecule has 24 heavy (non-hydrogen) atoms. The van der Waals surface area contributed by atoms with Crippen LogP contribution >= 0.6 is 11.3 Å². The van der Waals surface area contributed by atoms with Crippen LogP contribution in [-0.4, -0.2) is 71.7 Å². The Kier molecular flexibility index (Phi) is 3.70. The molecule has 0 spiro atoms. The van der Waals surface area contributed by atoms with Gasteiger partial charge in [-0.1, -0.05) is 0 Å². The number of esters is 1. The zero-order valence-corrected chi connectivity index (χ0v) is 14.7. The van der Waals surface area contributed by atoms with Gasteiger partial charge in [0.1, 0.15) is 16.3 Å². The standard InChI is InChI=1S/C16H20N4O3S/c1-10-12-14(21)17-11(18-15(12)24-13(10)16(22)23-2)9-20-6-3-19(4-7-20)5-8-20/h3-9H2,1-2H3/p+1. The Morgan fingerprint density at radius 3 is 2.62 bits per heavy atom. The number of carbonyl (C=O) groups excluding carboxylic acids is 1. The van der Waals surface area contributed by atoms with E-state index in [-0.39, 0.29) is 5.56 Å². The number of hydrogen-bond acceptors (Lipinski definition) is 6. The van der Waals surface area contributed by atoms with Crippen LogP contribution in [0.2, 0.25) is 0 Å². The lowest BCUT2D eigenvalue weighted by Gasteiger charge is -2.50. The molecule has 0 saturated carbocycles. The number of hydrogen-bond donors (Lipinski definition) is 1. The van der Waals surface area contributed by atoms with E-state index in [1.54, 1.807) is 6.92 Å². The second-order valence-electron chi connectivity index (χ2n) is 6.75. The first-order valence-electron chi connectivity index (χ1n) is 8.19. The minimum atomic E-state index is -0.412. The number of thiophene rings is 1. The van der Waals surface area contributed by atoms with Gasteiger partial charge in [0.25, 0.3) is 5.56 Å². The molecule has 3 aliphatic heterocycles. The minimum Gasteiger partial charge on any atom is -0.465 e. The lowest BCUT2D eigenvalue weighted by molar-refractivity contribution is -0.953. The molecule has 0 amide bonds. The largest absolute Gasteiger partial charge is 0.465 e. The van der Waals surface area contributed by atoms with Crippen molar-refractivity contribution >= 4 is 27.5 Å². The van der Waals surface area contributed by atoms with Crippen LogP contribution in [-0.2, 0) is 11.3 Å². The third-order valence-electron chi connectivity index (χ3n) is 5.38. The Hall–Kier alpha value is -1.77. The van der Waals surface area contributed by atoms with Gasteiger partial charge in [0.2, 0.25) is 0 Å². The number of aryl methyl sites for hydroxylation is 1. The number of ether oxygens (including phenoxy) is 1. The Labute approximate surface area is 143 Å². The highest BCUT2D eigenvalue weighted by molar-refractivity contribution is 7.20. The quantitative estimate of drug-likeness (QED) is 0.653. The second kappa shape index (κ2) is 5.65. The van der Waals surface area contributed by atoms with E-state index in [2.05, 4.69) is 14.9 Å². The predicted octanol–water partition coefficient (Wildman–Crippen LogP) is 0.726. The topological polar surface area (TPSA) is 75.3 Å². The van der Waals surface area contributed by atoms with E-state index in [9.17, 15) is 9.59 Å². The summed E-state index contributed by atoms with van der Waals surface area (Å²) in [7, 11) is 1.35. The number of carbonyl (C=O) groups is 1. The van der Waals surface area contributed by atoms with Crippen molar-refractivity contribution < 1.29 is 14.0 Å². The number of nitrogens with one attached hydrogen (secondary N) is 1. The van der Waals surface area contributed by atoms with Crippen molar-refractivity contribution in [2.75, 3.05) is 46.4 Å². The summed E-state index contributed by atoms with van der Waals surface area (Å²) < 4.78 is 5.80. The molecule has 2 bridgehead atoms. The van der Waals surface area contributed by atoms with Gasteiger partial charge in [-0.3, -0.25) is 9.69 Å². The number of quaternary nitrogens is 1. The zero-order valence-electron chi connectivity index (χ0n) is 13.9. The third kappa shape index (κ3) is 2.45. The van der Waals surface area contributed by atoms with Crippen LogP contribution in [0.25, 0.3) is 10.2 Å². The molecule has 1 N–H and O–H groups in total. The van der Waals surface area contributed by atoms with Gasteiger partial charge in [-0.15, -0.1) is 11.3 Å². The molecule has 0 aromatic carbocycles. The smallest absolute Gasteiger partial charge is 0.348 e. The average molecular weight is 349 g/mol. The maximum atomic E-state index is 12.5. The Balaban J connectivity index is 1.72. The van der Waals surface area contributed by atoms with E-state index < -0.39 is 5.97 Å². The van der Waals surface area contributed by atoms with Crippen LogP contribution < -0.4 is 5.56 Å². The van der Waals surface area contributed by atoms with Crippen molar-refractivity contribution in [3.05, 3.63) is 26.6 Å². The van der Waals surface area contributed by atoms with E-state index in [1.807, 2.05) is 0 Å². The van der Waals surface area contributed by atoms with Gasteiger partial charge in [0.05, 0.1) is 32.1 Å². The molecule has 3 saturated heterocycles. The van der Waals surface area contributed by atoms with Crippen LogP contribution in [0.1, 0.15) is 21.1 Å². The highest BCUT2D eigenvalue weighted by Crippen LogP contribution is 2.28. The van der Waals surface area contributed by atoms with E-state index in [4.69, 9.17) is 4.74 Å². The molecular formula is C16H21N4O3S+. The molecule has 2 aromatic rings. The van der Waals surface area contributed by atoms with Gasteiger partial charge in [-0.2, -0.15) is 0 Å². The lowest BCUT2D eigenvalue weighted by Crippen LogP contribution is -2.66. The fourth-order valence-corrected chi connectivity index (χ4v) is 4.96. The summed E-state index contributed by atoms with van der Waals surface area (Å²) in [6, 6.07) is 0. The van der Waals surface area contributed by atoms with Gasteiger partial charge >= 0.3 is 5.97 Å². The molecule has 5 heterocycles. The normalized spacial score (nSPS) is 26.0. The van der Waals surface area contributed by atoms with Crippen molar-refractivity contribution in [3.63, 3.8) is 0 Å². The minimum absolute atomic E-state index is 0.159. The molecule has 5 rings (SSSR count). The Morgan fingerprint density at radius 2 is 2.00 bits per heavy atom. The average Bonchev–Trinajstić information content (AvgIpc) is 2.92. The first-order valence-corrected chi connectivity index (χ1v) is 9.01. The zero-order chi connectivity index (χ0) is 16.9. The van der Waals surface area contributed by atoms with Crippen molar-refractivity contribution in [2.45, 2.75) is 13.5 Å². The van der Waals surface area contributed by atoms with Crippen LogP contribution in [0.5, 0.6) is 0 Å². The van der Waals surface area contributed by atoms with Crippen molar-refractivity contribution in [3.8, 4) is 0 Å². The van der Waals surface area contributed by atoms with Gasteiger partial charge in [-0.25, -0.2) is 9.78 Å². The van der Waals surface area contributed by atoms with E-state index in [1.165, 1.54) is 18.4 Å². The highest BCUT2D eigenvalue weighted by Gasteiger charge is 2.39. The number of aromatic nitrogens is 2. The monoisotopic (exact) mass is 349 g/mol. The number of methoxy groups -OCH3 is 1. The molecule has 7 nitrogen and oxygen atoms in total. The maximum absolute atomic E-state index is 12.5. The highest BCUT2D eigenvalue weighted by atomic mass is 32.1. The summed E-state index contributed by atoms with van der Waals surface area (Å²) in [5.41, 5.74) is 0.494. The number of piperazine rings is 3. The van der Waals surface area contributed by atoms with Gasteiger partial charge in [0.15, 0.2) is 5.82 Å². The number of nitrogens with zero attached hydrogens (tertiary/aromatic N) is 3. The SMILES string of the molecule is COC(=O)c1sc2nc(C[N+]34CCN(CC3)CC4)[nH]c(=O)c2c1C. The number of rotatable bonds is 3. The molecule has 0 atom stereocenters. The summed E-state index contributed by atoms with van der Waals surface area (Å²) in [4.78, 5) is 35.6. The van der Waals surface area contributed by atoms with Crippen LogP contribution in [0, 0.1) is 6.92 Å². The molecule has 128 valence electrons. The Morgan fingerprint density at radius 1 is 1.33 bits per heavy atom. The van der Waals surface area contributed by atoms with E-state index in [0.29, 0.717) is 20.7 Å². The summed E-state index contributed by atoms with van der Waals surface area (Å²) in [6.07, 6.45) is 0. The molecular weight excluding hydrogens is 328 g/mol. The van der Waals surface area contributed by atoms with Gasteiger partial charge in [-0.05, 0) is 12.5 Å². The fourth-order valence-electron chi connectivity index (χ4n) is 3.84. The summed E-state index contributed by atoms with van der Waals surface area (Å²) in [6.45, 7) is 9.22. The van der Waals surface area contributed by atoms with E-state index in [0.717, 1.165) is 56.1 Å². The summed E-state index contributed by atoms with van der Waals surface area (Å²) in [5.74, 6) is 0.311. The maximum Gasteiger partial charge on any atom is 0.348 e. The number of fused-ring (bicyclic) bond motifs is 4. The third-order valence-corrected chi connectivity index (χ3v) is 6.54. The number of aromatic amines is 1. The van der Waals surface area contributed by atoms with Gasteiger partial charge in [0, 0.05) is 19.6 Å². The van der Waals surface area contributed by atoms with Crippen LogP contribution in [0.15, 0.2) is 4.79 Å². The fraction of sp³-hybridized carbons (Fsp3) is 0.562. The van der Waals surface area contributed by atoms with Crippen molar-refractivity contribution in [1.82, 2.24) is 14.9 Å². The molecule has 3 fully saturated rings. The van der Waals surface area contributed by atoms with Crippen LogP contribution in [0.3, 0.4) is 0 Å². The van der Waals surface area contributed by atoms with Crippen LogP contribution in [0.4, 0.5) is 0 Å². The second-order valence-corrected chi connectivity index (χ2v) is 7.75. The van der Waals surface area contributed by atoms with Gasteiger partial charge < -0.3 is 14.2 Å². The Bertz CT molecular complexity index is 850. The summed E-state index contributed by atoms with van der Waals surface area (Å²) in [5, 5.41) is 0.507. The molecule has 0 radical (unpaired) electrons. The predicted molar refractivity (Wildman–Crippen MR) is 91.3 cm³/mol. The molecule has 3 aliphatic rings. The lowest BCUT2D eigenvalue weighted by atomic mass is 10.1. The summed E-state index contributed by atoms with van der Waals surface area (Å²) >= 11 is 1.24. The first kappa shape index (κ1) is 15.7. The molecule has 8 heteroatoms. The van der Waals surface area contributed by atoms with E-state index >= 15 is 0 Å². The van der Waals surface area contributed by atoms with Crippen molar-refractivity contribution in [1.29, 1.82) is 0 Å². The number of H-pyrrole nitrogens is 1. The molecule has 2 aromatic heterocycles.